The molecule has 0 saturated heterocycles. The van der Waals surface area contributed by atoms with Crippen molar-refractivity contribution in [2.45, 2.75) is 50.6 Å². The molecule has 0 atom stereocenters. The zero-order valence-corrected chi connectivity index (χ0v) is 11.2. The lowest BCUT2D eigenvalue weighted by Crippen LogP contribution is -2.45. The highest BCUT2D eigenvalue weighted by atomic mass is 16.3. The molecule has 1 saturated carbocycles. The van der Waals surface area contributed by atoms with Crippen LogP contribution in [0.25, 0.3) is 0 Å². The average Bonchev–Trinajstić information content (AvgIpc) is 2.38. The van der Waals surface area contributed by atoms with E-state index in [1.54, 1.807) is 18.2 Å². The second-order valence-electron chi connectivity index (χ2n) is 5.51. The fourth-order valence-electron chi connectivity index (χ4n) is 2.67. The molecule has 2 rings (SSSR count). The lowest BCUT2D eigenvalue weighted by molar-refractivity contribution is -0.122. The summed E-state index contributed by atoms with van der Waals surface area (Å²) in [5.74, 6) is 0.176. The van der Waals surface area contributed by atoms with Gasteiger partial charge >= 0.3 is 0 Å². The van der Waals surface area contributed by atoms with Crippen LogP contribution in [0.1, 0.15) is 44.1 Å². The predicted octanol–water partition coefficient (Wildman–Crippen LogP) is 2.06. The molecule has 104 valence electrons. The Bertz CT molecular complexity index is 440. The van der Waals surface area contributed by atoms with Crippen molar-refractivity contribution >= 4 is 5.91 Å². The second kappa shape index (κ2) is 6.06. The third kappa shape index (κ3) is 3.96. The molecule has 0 aromatic heterocycles. The first kappa shape index (κ1) is 13.9. The summed E-state index contributed by atoms with van der Waals surface area (Å²) in [6.07, 6.45) is 5.68. The van der Waals surface area contributed by atoms with Crippen LogP contribution in [0.3, 0.4) is 0 Å². The maximum absolute atomic E-state index is 11.9. The summed E-state index contributed by atoms with van der Waals surface area (Å²) in [7, 11) is 0. The van der Waals surface area contributed by atoms with Gasteiger partial charge in [0.05, 0.1) is 0 Å². The second-order valence-corrected chi connectivity index (χ2v) is 5.51. The molecule has 1 aliphatic rings. The van der Waals surface area contributed by atoms with E-state index in [4.69, 9.17) is 5.73 Å². The molecule has 1 aliphatic carbocycles. The number of aromatic hydroxyl groups is 1. The number of para-hydroxylation sites is 1. The van der Waals surface area contributed by atoms with Crippen molar-refractivity contribution in [3.05, 3.63) is 29.8 Å². The number of carbonyl (C=O) groups excluding carboxylic acids is 1. The van der Waals surface area contributed by atoms with Gasteiger partial charge in [-0.1, -0.05) is 37.5 Å². The maximum Gasteiger partial charge on any atom is 0.222 e. The van der Waals surface area contributed by atoms with Crippen molar-refractivity contribution in [1.29, 1.82) is 0 Å². The summed E-state index contributed by atoms with van der Waals surface area (Å²) >= 11 is 0. The van der Waals surface area contributed by atoms with Gasteiger partial charge in [0.1, 0.15) is 5.75 Å². The molecule has 0 unspecified atom stereocenters. The number of nitrogens with one attached hydrogen (secondary N) is 1. The van der Waals surface area contributed by atoms with Gasteiger partial charge in [0.2, 0.25) is 5.91 Å². The Morgan fingerprint density at radius 2 is 1.95 bits per heavy atom. The molecule has 0 spiro atoms. The largest absolute Gasteiger partial charge is 0.508 e. The van der Waals surface area contributed by atoms with Crippen LogP contribution in [0.4, 0.5) is 0 Å². The van der Waals surface area contributed by atoms with E-state index in [1.807, 2.05) is 6.07 Å². The van der Waals surface area contributed by atoms with E-state index in [0.717, 1.165) is 31.2 Å². The first-order valence-corrected chi connectivity index (χ1v) is 6.92. The van der Waals surface area contributed by atoms with Crippen LogP contribution < -0.4 is 11.1 Å². The molecule has 0 heterocycles. The quantitative estimate of drug-likeness (QED) is 0.777. The highest BCUT2D eigenvalue weighted by molar-refractivity contribution is 5.77. The Morgan fingerprint density at radius 1 is 1.26 bits per heavy atom. The topological polar surface area (TPSA) is 75.4 Å². The van der Waals surface area contributed by atoms with Crippen molar-refractivity contribution in [1.82, 2.24) is 5.32 Å². The smallest absolute Gasteiger partial charge is 0.222 e. The Morgan fingerprint density at radius 3 is 2.63 bits per heavy atom. The van der Waals surface area contributed by atoms with E-state index in [1.165, 1.54) is 6.42 Å². The van der Waals surface area contributed by atoms with E-state index in [0.29, 0.717) is 13.0 Å². The summed E-state index contributed by atoms with van der Waals surface area (Å²) < 4.78 is 0. The van der Waals surface area contributed by atoms with Crippen molar-refractivity contribution in [2.75, 3.05) is 0 Å². The molecule has 4 nitrogen and oxygen atoms in total. The van der Waals surface area contributed by atoms with Crippen molar-refractivity contribution in [2.24, 2.45) is 5.73 Å². The zero-order chi connectivity index (χ0) is 13.7. The minimum Gasteiger partial charge on any atom is -0.508 e. The van der Waals surface area contributed by atoms with Gasteiger partial charge in [0, 0.05) is 24.1 Å². The summed E-state index contributed by atoms with van der Waals surface area (Å²) in [6, 6.07) is 7.02. The molecule has 1 amide bonds. The summed E-state index contributed by atoms with van der Waals surface area (Å²) in [5, 5.41) is 12.5. The first-order chi connectivity index (χ1) is 9.09. The van der Waals surface area contributed by atoms with Gasteiger partial charge < -0.3 is 16.2 Å². The number of rotatable bonds is 4. The number of phenols is 1. The molecule has 1 fully saturated rings. The van der Waals surface area contributed by atoms with Crippen molar-refractivity contribution in [3.63, 3.8) is 0 Å². The zero-order valence-electron chi connectivity index (χ0n) is 11.2. The molecule has 0 aliphatic heterocycles. The standard InChI is InChI=1S/C15H22N2O2/c16-15(8-4-1-5-9-15)10-14(19)17-11-12-6-2-3-7-13(12)18/h2-3,6-7,18H,1,4-5,8-11,16H2,(H,17,19). The number of benzene rings is 1. The SMILES string of the molecule is NC1(CC(=O)NCc2ccccc2O)CCCCC1. The normalized spacial score (nSPS) is 17.9. The van der Waals surface area contributed by atoms with E-state index in [9.17, 15) is 9.90 Å². The Hall–Kier alpha value is -1.55. The molecule has 1 aromatic rings. The van der Waals surface area contributed by atoms with Gasteiger partial charge in [-0.3, -0.25) is 4.79 Å². The van der Waals surface area contributed by atoms with Crippen LogP contribution in [-0.4, -0.2) is 16.6 Å². The summed E-state index contributed by atoms with van der Waals surface area (Å²) in [6.45, 7) is 0.349. The first-order valence-electron chi connectivity index (χ1n) is 6.92. The predicted molar refractivity (Wildman–Crippen MR) is 74.6 cm³/mol. The monoisotopic (exact) mass is 262 g/mol. The van der Waals surface area contributed by atoms with Gasteiger partial charge in [-0.05, 0) is 18.9 Å². The Labute approximate surface area is 114 Å². The fourth-order valence-corrected chi connectivity index (χ4v) is 2.67. The molecular weight excluding hydrogens is 240 g/mol. The van der Waals surface area contributed by atoms with Gasteiger partial charge in [0.15, 0.2) is 0 Å². The fraction of sp³-hybridized carbons (Fsp3) is 0.533. The van der Waals surface area contributed by atoms with Gasteiger partial charge in [0.25, 0.3) is 0 Å². The van der Waals surface area contributed by atoms with E-state index < -0.39 is 0 Å². The number of carbonyl (C=O) groups is 1. The van der Waals surface area contributed by atoms with Gasteiger partial charge in [-0.25, -0.2) is 0 Å². The molecule has 4 N–H and O–H groups in total. The lowest BCUT2D eigenvalue weighted by Gasteiger charge is -2.32. The summed E-state index contributed by atoms with van der Waals surface area (Å²) in [5.41, 5.74) is 6.64. The number of amides is 1. The van der Waals surface area contributed by atoms with Gasteiger partial charge in [-0.15, -0.1) is 0 Å². The lowest BCUT2D eigenvalue weighted by atomic mass is 9.80. The molecule has 4 heteroatoms. The van der Waals surface area contributed by atoms with Crippen LogP contribution in [0.2, 0.25) is 0 Å². The van der Waals surface area contributed by atoms with Crippen LogP contribution >= 0.6 is 0 Å². The molecule has 1 aromatic carbocycles. The molecule has 0 radical (unpaired) electrons. The molecule has 19 heavy (non-hydrogen) atoms. The highest BCUT2D eigenvalue weighted by Gasteiger charge is 2.29. The van der Waals surface area contributed by atoms with Crippen LogP contribution in [0.5, 0.6) is 5.75 Å². The van der Waals surface area contributed by atoms with E-state index in [2.05, 4.69) is 5.32 Å². The maximum atomic E-state index is 11.9. The van der Waals surface area contributed by atoms with Crippen LogP contribution in [-0.2, 0) is 11.3 Å². The van der Waals surface area contributed by atoms with Crippen molar-refractivity contribution in [3.8, 4) is 5.75 Å². The average molecular weight is 262 g/mol. The van der Waals surface area contributed by atoms with Crippen LogP contribution in [0, 0.1) is 0 Å². The minimum absolute atomic E-state index is 0.0346. The van der Waals surface area contributed by atoms with Gasteiger partial charge in [-0.2, -0.15) is 0 Å². The molecular formula is C15H22N2O2. The van der Waals surface area contributed by atoms with Crippen LogP contribution in [0.15, 0.2) is 24.3 Å². The van der Waals surface area contributed by atoms with Crippen molar-refractivity contribution < 1.29 is 9.90 Å². The Kier molecular flexibility index (Phi) is 4.43. The highest BCUT2D eigenvalue weighted by Crippen LogP contribution is 2.28. The third-order valence-corrected chi connectivity index (χ3v) is 3.83. The minimum atomic E-state index is -0.332. The van der Waals surface area contributed by atoms with E-state index >= 15 is 0 Å². The number of nitrogens with two attached hydrogens (primary N) is 1. The number of hydrogen-bond donors (Lipinski definition) is 3. The number of phenolic OH excluding ortho intramolecular Hbond substituents is 1. The number of hydrogen-bond acceptors (Lipinski definition) is 3. The molecule has 0 bridgehead atoms. The Balaban J connectivity index is 1.83. The van der Waals surface area contributed by atoms with E-state index in [-0.39, 0.29) is 17.2 Å². The third-order valence-electron chi connectivity index (χ3n) is 3.83. The summed E-state index contributed by atoms with van der Waals surface area (Å²) in [4.78, 5) is 11.9.